The van der Waals surface area contributed by atoms with E-state index in [0.717, 1.165) is 22.4 Å². The topological polar surface area (TPSA) is 105 Å². The normalized spacial score (nSPS) is 11.8. The Bertz CT molecular complexity index is 1940. The van der Waals surface area contributed by atoms with Crippen molar-refractivity contribution in [2.75, 3.05) is 24.2 Å². The Morgan fingerprint density at radius 2 is 1.77 bits per heavy atom. The van der Waals surface area contributed by atoms with Crippen molar-refractivity contribution in [2.45, 2.75) is 25.9 Å². The highest BCUT2D eigenvalue weighted by Gasteiger charge is 2.26. The molecule has 3 aromatic heterocycles. The molecule has 3 heterocycles. The van der Waals surface area contributed by atoms with E-state index in [-0.39, 0.29) is 11.7 Å². The number of hydrogen-bond acceptors (Lipinski definition) is 8. The van der Waals surface area contributed by atoms with Gasteiger partial charge in [0.05, 0.1) is 16.9 Å². The molecule has 0 radical (unpaired) electrons. The van der Waals surface area contributed by atoms with E-state index in [4.69, 9.17) is 8.83 Å². The van der Waals surface area contributed by atoms with Gasteiger partial charge in [-0.1, -0.05) is 24.1 Å². The Labute approximate surface area is 258 Å². The van der Waals surface area contributed by atoms with Crippen LogP contribution >= 0.6 is 11.9 Å². The van der Waals surface area contributed by atoms with Crippen LogP contribution in [0.3, 0.4) is 0 Å². The van der Waals surface area contributed by atoms with Crippen molar-refractivity contribution in [3.63, 3.8) is 0 Å². The average molecular weight is 611 g/mol. The molecule has 44 heavy (non-hydrogen) atoms. The van der Waals surface area contributed by atoms with Crippen LogP contribution in [0.1, 0.15) is 30.6 Å². The van der Waals surface area contributed by atoms with E-state index < -0.39 is 5.60 Å². The van der Waals surface area contributed by atoms with Crippen LogP contribution in [0.15, 0.2) is 87.8 Å². The maximum Gasteiger partial charge on any atom is 0.255 e. The number of pyridine rings is 1. The number of aliphatic hydroxyl groups is 1. The molecule has 6 aromatic rings. The first kappa shape index (κ1) is 29.4. The number of benzene rings is 3. The highest BCUT2D eigenvalue weighted by atomic mass is 32.2. The molecule has 1 amide bonds. The number of nitrogens with zero attached hydrogens (tertiary/aromatic N) is 3. The number of hydrogen-bond donors (Lipinski definition) is 2. The van der Waals surface area contributed by atoms with Gasteiger partial charge in [0.15, 0.2) is 11.2 Å². The lowest BCUT2D eigenvalue weighted by Gasteiger charge is -2.27. The molecule has 0 unspecified atom stereocenters. The summed E-state index contributed by atoms with van der Waals surface area (Å²) in [6.07, 6.45) is 4.16. The van der Waals surface area contributed by atoms with Gasteiger partial charge in [-0.25, -0.2) is 9.37 Å². The number of carbonyl (C=O) groups excluding carboxylic acids is 1. The molecular weight excluding hydrogens is 579 g/mol. The second-order valence-electron chi connectivity index (χ2n) is 11.0. The largest absolute Gasteiger partial charge is 0.455 e. The second-order valence-corrected chi connectivity index (χ2v) is 11.8. The molecule has 0 atom stereocenters. The summed E-state index contributed by atoms with van der Waals surface area (Å²) >= 11 is 1.52. The maximum absolute atomic E-state index is 13.8. The minimum absolute atomic E-state index is 0.321. The van der Waals surface area contributed by atoms with Gasteiger partial charge in [-0.2, -0.15) is 4.98 Å². The molecule has 0 fully saturated rings. The van der Waals surface area contributed by atoms with Gasteiger partial charge in [-0.3, -0.25) is 4.79 Å². The van der Waals surface area contributed by atoms with Crippen LogP contribution < -0.4 is 9.62 Å². The van der Waals surface area contributed by atoms with Crippen molar-refractivity contribution in [3.8, 4) is 33.9 Å². The fourth-order valence-corrected chi connectivity index (χ4v) is 5.74. The first-order valence-electron chi connectivity index (χ1n) is 14.1. The molecule has 0 saturated heterocycles. The molecule has 224 valence electrons. The van der Waals surface area contributed by atoms with E-state index in [1.807, 2.05) is 48.7 Å². The van der Waals surface area contributed by atoms with E-state index in [1.54, 1.807) is 45.3 Å². The van der Waals surface area contributed by atoms with E-state index in [9.17, 15) is 14.3 Å². The number of amides is 1. The monoisotopic (exact) mass is 610 g/mol. The van der Waals surface area contributed by atoms with E-state index in [2.05, 4.69) is 19.6 Å². The van der Waals surface area contributed by atoms with Crippen LogP contribution in [0.5, 0.6) is 0 Å². The van der Waals surface area contributed by atoms with Crippen LogP contribution in [-0.2, 0) is 0 Å². The molecule has 0 bridgehead atoms. The first-order valence-corrected chi connectivity index (χ1v) is 15.3. The number of rotatable bonds is 9. The lowest BCUT2D eigenvalue weighted by atomic mass is 9.97. The van der Waals surface area contributed by atoms with Gasteiger partial charge in [0, 0.05) is 54.2 Å². The van der Waals surface area contributed by atoms with Crippen molar-refractivity contribution in [3.05, 3.63) is 90.4 Å². The van der Waals surface area contributed by atoms with Crippen molar-refractivity contribution in [2.24, 2.45) is 0 Å². The molecule has 6 rings (SSSR count). The summed E-state index contributed by atoms with van der Waals surface area (Å²) in [6.45, 7) is 4.12. The first-order chi connectivity index (χ1) is 21.1. The van der Waals surface area contributed by atoms with Crippen LogP contribution in [0.4, 0.5) is 10.1 Å². The molecule has 10 heteroatoms. The van der Waals surface area contributed by atoms with Crippen LogP contribution in [0, 0.1) is 5.82 Å². The number of furan rings is 1. The minimum atomic E-state index is -0.869. The van der Waals surface area contributed by atoms with Gasteiger partial charge in [-0.15, -0.1) is 0 Å². The quantitative estimate of drug-likeness (QED) is 0.160. The third-order valence-electron chi connectivity index (χ3n) is 7.37. The SMILES string of the molecule is CNC(=O)c1c(-c2ccc(F)cc2)oc2cc(N(CCC(C)(C)O)SC)c(-c3cccc(-c4nc5ncccc5o4)c3)cc12. The van der Waals surface area contributed by atoms with Crippen LogP contribution in [0.25, 0.3) is 56.1 Å². The number of halogens is 1. The van der Waals surface area contributed by atoms with Crippen molar-refractivity contribution in [1.82, 2.24) is 15.3 Å². The number of oxazole rings is 1. The molecule has 0 aliphatic rings. The summed E-state index contributed by atoms with van der Waals surface area (Å²) in [6, 6.07) is 21.2. The summed E-state index contributed by atoms with van der Waals surface area (Å²) in [5.41, 5.74) is 5.01. The highest BCUT2D eigenvalue weighted by molar-refractivity contribution is 8.00. The third kappa shape index (κ3) is 5.78. The standard InChI is InChI=1S/C34H31FN4O4S/c1-34(2,41)14-16-39(44-4)26-19-28-25(29(32(40)36-3)30(42-28)20-10-12-23(35)13-11-20)18-24(26)21-7-5-8-22(17-21)33-38-31-27(43-33)9-6-15-37-31/h5-13,15,17-19,41H,14,16H2,1-4H3,(H,36,40). The molecule has 0 aliphatic heterocycles. The maximum atomic E-state index is 13.8. The molecule has 0 spiro atoms. The number of fused-ring (bicyclic) bond motifs is 2. The fraction of sp³-hybridized carbons (Fsp3) is 0.206. The molecule has 0 saturated carbocycles. The lowest BCUT2D eigenvalue weighted by Crippen LogP contribution is -2.27. The van der Waals surface area contributed by atoms with Gasteiger partial charge in [-0.05, 0) is 80.4 Å². The van der Waals surface area contributed by atoms with Crippen molar-refractivity contribution < 1.29 is 23.1 Å². The second kappa shape index (κ2) is 11.8. The van der Waals surface area contributed by atoms with Crippen molar-refractivity contribution >= 4 is 45.7 Å². The van der Waals surface area contributed by atoms with E-state index in [1.165, 1.54) is 24.1 Å². The van der Waals surface area contributed by atoms with Crippen molar-refractivity contribution in [1.29, 1.82) is 0 Å². The summed E-state index contributed by atoms with van der Waals surface area (Å²) in [5, 5.41) is 13.9. The van der Waals surface area contributed by atoms with E-state index >= 15 is 0 Å². The van der Waals surface area contributed by atoms with E-state index in [0.29, 0.717) is 57.9 Å². The summed E-state index contributed by atoms with van der Waals surface area (Å²) in [7, 11) is 1.57. The van der Waals surface area contributed by atoms with Gasteiger partial charge < -0.3 is 23.6 Å². The smallest absolute Gasteiger partial charge is 0.255 e. The Kier molecular flexibility index (Phi) is 7.87. The third-order valence-corrected chi connectivity index (χ3v) is 8.19. The Balaban J connectivity index is 1.57. The van der Waals surface area contributed by atoms with Gasteiger partial charge in [0.25, 0.3) is 5.91 Å². The number of nitrogens with one attached hydrogen (secondary N) is 1. The summed E-state index contributed by atoms with van der Waals surface area (Å²) < 4.78 is 28.2. The molecule has 3 aromatic carbocycles. The van der Waals surface area contributed by atoms with Gasteiger partial charge in [0.2, 0.25) is 5.89 Å². The Morgan fingerprint density at radius 3 is 2.48 bits per heavy atom. The molecular formula is C34H31FN4O4S. The molecule has 0 aliphatic carbocycles. The Hall–Kier alpha value is -4.67. The fourth-order valence-electron chi connectivity index (χ4n) is 5.12. The number of aromatic nitrogens is 2. The van der Waals surface area contributed by atoms with Gasteiger partial charge in [0.1, 0.15) is 17.2 Å². The number of anilines is 1. The highest BCUT2D eigenvalue weighted by Crippen LogP contribution is 2.43. The van der Waals surface area contributed by atoms with Crippen LogP contribution in [0.2, 0.25) is 0 Å². The van der Waals surface area contributed by atoms with Gasteiger partial charge >= 0.3 is 0 Å². The minimum Gasteiger partial charge on any atom is -0.455 e. The zero-order valence-corrected chi connectivity index (χ0v) is 25.5. The molecule has 2 N–H and O–H groups in total. The average Bonchev–Trinajstić information content (AvgIpc) is 3.62. The zero-order valence-electron chi connectivity index (χ0n) is 24.7. The Morgan fingerprint density at radius 1 is 1.00 bits per heavy atom. The number of carbonyl (C=O) groups is 1. The molecule has 8 nitrogen and oxygen atoms in total. The zero-order chi connectivity index (χ0) is 31.0. The summed E-state index contributed by atoms with van der Waals surface area (Å²) in [5.74, 6) is 0.0912. The lowest BCUT2D eigenvalue weighted by molar-refractivity contribution is 0.0741. The summed E-state index contributed by atoms with van der Waals surface area (Å²) in [4.78, 5) is 22.2. The predicted molar refractivity (Wildman–Crippen MR) is 173 cm³/mol. The van der Waals surface area contributed by atoms with Crippen LogP contribution in [-0.4, -0.2) is 46.4 Å². The predicted octanol–water partition coefficient (Wildman–Crippen LogP) is 7.71.